The maximum atomic E-state index is 14.3. The Kier molecular flexibility index (Phi) is 15.9. The van der Waals surface area contributed by atoms with Crippen molar-refractivity contribution in [2.45, 2.75) is 70.0 Å². The van der Waals surface area contributed by atoms with Gasteiger partial charge in [0.05, 0.1) is 69.1 Å². The van der Waals surface area contributed by atoms with Gasteiger partial charge in [-0.25, -0.2) is 15.0 Å². The van der Waals surface area contributed by atoms with E-state index in [1.807, 2.05) is 83.4 Å². The van der Waals surface area contributed by atoms with Crippen molar-refractivity contribution in [1.82, 2.24) is 35.1 Å². The Morgan fingerprint density at radius 1 is 0.783 bits per heavy atom. The molecular weight excluding hydrogens is 893 g/mol. The van der Waals surface area contributed by atoms with Crippen LogP contribution >= 0.6 is 11.3 Å². The van der Waals surface area contributed by atoms with Gasteiger partial charge in [0.15, 0.2) is 0 Å². The van der Waals surface area contributed by atoms with E-state index >= 15 is 0 Å². The zero-order chi connectivity index (χ0) is 47.5. The summed E-state index contributed by atoms with van der Waals surface area (Å²) < 4.78 is 31.3. The number of amides is 2. The predicted molar refractivity (Wildman–Crippen MR) is 270 cm³/mol. The Balaban J connectivity index is 0.686. The minimum absolute atomic E-state index is 0.0183. The Morgan fingerprint density at radius 3 is 2.32 bits per heavy atom. The first kappa shape index (κ1) is 47.9. The maximum absolute atomic E-state index is 14.3. The van der Waals surface area contributed by atoms with Gasteiger partial charge in [-0.05, 0) is 81.3 Å². The highest BCUT2D eigenvalue weighted by Gasteiger charge is 2.40. The molecule has 3 atom stereocenters. The standard InChI is InChI=1S/C53H62N8O7S/c1-35(55-2)51(62)59-50(36-10-4-3-5-11-36)53(63)61-20-9-16-45(61)52-58-44(34-69-52)40-17-18-47(41-14-7-6-13-39(40)41)67-28-26-65-24-22-64-23-25-66-27-29-68-49-30-37-19-21-60(46(37)33-57-49)48-31-42-38(32-56-48)12-8-15-43(42)54/h6-8,12-15,17-19,21,30-36,45,50,55H,3-5,9-11,16,20,22-29,54H2,1-2H3,(H,59,62)/t35?,45?,50-/m0/s1. The van der Waals surface area contributed by atoms with E-state index in [0.717, 1.165) is 98.8 Å². The van der Waals surface area contributed by atoms with Crippen LogP contribution in [0.5, 0.6) is 11.6 Å². The lowest BCUT2D eigenvalue weighted by Crippen LogP contribution is -2.55. The topological polar surface area (TPSA) is 177 Å². The molecule has 7 aromatic rings. The second kappa shape index (κ2) is 23.0. The first-order valence-corrected chi connectivity index (χ1v) is 25.1. The second-order valence-electron chi connectivity index (χ2n) is 17.7. The number of thiazole rings is 1. The Hall–Kier alpha value is -6.17. The van der Waals surface area contributed by atoms with E-state index in [4.69, 9.17) is 34.4 Å². The minimum Gasteiger partial charge on any atom is -0.491 e. The molecule has 15 nitrogen and oxygen atoms in total. The number of nitrogens with zero attached hydrogens (tertiary/aromatic N) is 5. The van der Waals surface area contributed by atoms with Crippen LogP contribution in [0.15, 0.2) is 96.8 Å². The zero-order valence-corrected chi connectivity index (χ0v) is 40.3. The Labute approximate surface area is 406 Å². The average Bonchev–Trinajstić information content (AvgIpc) is 4.18. The molecule has 1 saturated heterocycles. The van der Waals surface area contributed by atoms with Crippen LogP contribution < -0.4 is 25.8 Å². The number of nitrogens with one attached hydrogen (secondary N) is 2. The summed E-state index contributed by atoms with van der Waals surface area (Å²) in [6.45, 7) is 5.83. The number of pyridine rings is 2. The van der Waals surface area contributed by atoms with Gasteiger partial charge in [-0.2, -0.15) is 0 Å². The maximum Gasteiger partial charge on any atom is 0.246 e. The summed E-state index contributed by atoms with van der Waals surface area (Å²) in [4.78, 5) is 43.6. The van der Waals surface area contributed by atoms with Gasteiger partial charge < -0.3 is 45.0 Å². The lowest BCUT2D eigenvalue weighted by Gasteiger charge is -2.35. The van der Waals surface area contributed by atoms with Gasteiger partial charge in [0.1, 0.15) is 35.8 Å². The number of rotatable bonds is 22. The molecule has 2 aliphatic rings. The van der Waals surface area contributed by atoms with Gasteiger partial charge in [-0.1, -0.05) is 55.7 Å². The van der Waals surface area contributed by atoms with Crippen molar-refractivity contribution in [2.75, 3.05) is 72.2 Å². The van der Waals surface area contributed by atoms with E-state index in [2.05, 4.69) is 44.2 Å². The largest absolute Gasteiger partial charge is 0.491 e. The van der Waals surface area contributed by atoms with E-state index < -0.39 is 6.04 Å². The number of ether oxygens (including phenoxy) is 5. The number of anilines is 1. The second-order valence-corrected chi connectivity index (χ2v) is 18.6. The summed E-state index contributed by atoms with van der Waals surface area (Å²) in [6.07, 6.45) is 12.6. The SMILES string of the molecule is CNC(C)C(=O)N[C@H](C(=O)N1CCCC1c1nc(-c2ccc(OCCOCCOCCOCCOc3cc4ccn(-c5cc6c(N)cccc6cn5)c4cn3)c3ccccc23)cs1)C1CCCCC1. The molecule has 1 aliphatic heterocycles. The predicted octanol–water partition coefficient (Wildman–Crippen LogP) is 8.28. The fourth-order valence-corrected chi connectivity index (χ4v) is 10.4. The van der Waals surface area contributed by atoms with E-state index in [9.17, 15) is 9.59 Å². The van der Waals surface area contributed by atoms with Crippen LogP contribution in [-0.4, -0.2) is 115 Å². The van der Waals surface area contributed by atoms with E-state index in [1.165, 1.54) is 6.42 Å². The lowest BCUT2D eigenvalue weighted by atomic mass is 9.83. The average molecular weight is 955 g/mol. The number of hydrogen-bond acceptors (Lipinski definition) is 13. The van der Waals surface area contributed by atoms with Crippen LogP contribution in [0, 0.1) is 5.92 Å². The molecule has 2 fully saturated rings. The number of likely N-dealkylation sites (tertiary alicyclic amines) is 1. The van der Waals surface area contributed by atoms with E-state index in [-0.39, 0.29) is 29.8 Å². The van der Waals surface area contributed by atoms with Crippen molar-refractivity contribution in [3.8, 4) is 28.7 Å². The summed E-state index contributed by atoms with van der Waals surface area (Å²) in [5, 5.41) is 14.2. The molecule has 1 aliphatic carbocycles. The highest BCUT2D eigenvalue weighted by molar-refractivity contribution is 7.10. The molecule has 3 aromatic carbocycles. The van der Waals surface area contributed by atoms with Crippen LogP contribution in [0.25, 0.3) is 49.5 Å². The summed E-state index contributed by atoms with van der Waals surface area (Å²) in [6, 6.07) is 23.0. The summed E-state index contributed by atoms with van der Waals surface area (Å²) in [7, 11) is 1.76. The molecule has 9 rings (SSSR count). The van der Waals surface area contributed by atoms with Crippen molar-refractivity contribution < 1.29 is 33.3 Å². The fourth-order valence-electron chi connectivity index (χ4n) is 9.47. The molecule has 16 heteroatoms. The normalized spacial score (nSPS) is 16.3. The van der Waals surface area contributed by atoms with Crippen molar-refractivity contribution >= 4 is 61.3 Å². The third-order valence-electron chi connectivity index (χ3n) is 13.3. The Morgan fingerprint density at radius 2 is 1.54 bits per heavy atom. The van der Waals surface area contributed by atoms with Crippen molar-refractivity contribution in [1.29, 1.82) is 0 Å². The molecule has 0 radical (unpaired) electrons. The molecule has 69 heavy (non-hydrogen) atoms. The fraction of sp³-hybridized carbons (Fsp3) is 0.415. The van der Waals surface area contributed by atoms with Crippen LogP contribution in [0.3, 0.4) is 0 Å². The zero-order valence-electron chi connectivity index (χ0n) is 39.4. The first-order chi connectivity index (χ1) is 33.9. The van der Waals surface area contributed by atoms with Gasteiger partial charge >= 0.3 is 0 Å². The number of benzene rings is 3. The molecule has 362 valence electrons. The molecule has 4 N–H and O–H groups in total. The molecule has 2 unspecified atom stereocenters. The van der Waals surface area contributed by atoms with Gasteiger partial charge in [0.25, 0.3) is 0 Å². The number of carbonyl (C=O) groups is 2. The van der Waals surface area contributed by atoms with Gasteiger partial charge in [-0.15, -0.1) is 11.3 Å². The van der Waals surface area contributed by atoms with Gasteiger partial charge in [-0.3, -0.25) is 14.2 Å². The third-order valence-corrected chi connectivity index (χ3v) is 14.2. The molecule has 4 aromatic heterocycles. The number of likely N-dealkylation sites (N-methyl/N-ethyl adjacent to an activating group) is 1. The number of nitrogens with two attached hydrogens (primary N) is 1. The quantitative estimate of drug-likeness (QED) is 0.0439. The molecule has 0 bridgehead atoms. The number of nitrogen functional groups attached to an aromatic ring is 1. The number of hydrogen-bond donors (Lipinski definition) is 3. The Bertz CT molecular complexity index is 2850. The molecule has 0 spiro atoms. The van der Waals surface area contributed by atoms with Gasteiger partial charge in [0, 0.05) is 63.2 Å². The monoisotopic (exact) mass is 954 g/mol. The highest BCUT2D eigenvalue weighted by atomic mass is 32.1. The van der Waals surface area contributed by atoms with E-state index in [1.54, 1.807) is 24.6 Å². The summed E-state index contributed by atoms with van der Waals surface area (Å²) in [5.41, 5.74) is 9.73. The molecular formula is C53H62N8O7S. The smallest absolute Gasteiger partial charge is 0.246 e. The molecule has 5 heterocycles. The van der Waals surface area contributed by atoms with Crippen LogP contribution in [0.4, 0.5) is 5.69 Å². The summed E-state index contributed by atoms with van der Waals surface area (Å²) >= 11 is 1.60. The number of aromatic nitrogens is 4. The number of fused-ring (bicyclic) bond motifs is 3. The van der Waals surface area contributed by atoms with E-state index in [0.29, 0.717) is 71.0 Å². The lowest BCUT2D eigenvalue weighted by molar-refractivity contribution is -0.139. The third kappa shape index (κ3) is 11.3. The number of carbonyl (C=O) groups excluding carboxylic acids is 2. The molecule has 1 saturated carbocycles. The molecule has 2 amide bonds. The van der Waals surface area contributed by atoms with Crippen molar-refractivity contribution in [3.05, 3.63) is 102 Å². The van der Waals surface area contributed by atoms with Crippen LogP contribution in [0.2, 0.25) is 0 Å². The van der Waals surface area contributed by atoms with Crippen LogP contribution in [-0.2, 0) is 23.8 Å². The minimum atomic E-state index is -0.525. The first-order valence-electron chi connectivity index (χ1n) is 24.2. The summed E-state index contributed by atoms with van der Waals surface area (Å²) in [5.74, 6) is 2.10. The van der Waals surface area contributed by atoms with Crippen molar-refractivity contribution in [2.24, 2.45) is 5.92 Å². The van der Waals surface area contributed by atoms with Crippen molar-refractivity contribution in [3.63, 3.8) is 0 Å². The highest BCUT2D eigenvalue weighted by Crippen LogP contribution is 2.40. The van der Waals surface area contributed by atoms with Crippen LogP contribution in [0.1, 0.15) is 62.9 Å². The van der Waals surface area contributed by atoms with Gasteiger partial charge in [0.2, 0.25) is 17.7 Å².